The highest BCUT2D eigenvalue weighted by molar-refractivity contribution is 7.92. The summed E-state index contributed by atoms with van der Waals surface area (Å²) >= 11 is 5.96. The Morgan fingerprint density at radius 1 is 1.00 bits per heavy atom. The number of rotatable bonds is 10. The lowest BCUT2D eigenvalue weighted by atomic mass is 10.1. The summed E-state index contributed by atoms with van der Waals surface area (Å²) in [6.45, 7) is 5.57. The molecule has 1 atom stereocenters. The number of amides is 2. The number of hydrogen-bond acceptors (Lipinski definition) is 4. The van der Waals surface area contributed by atoms with Gasteiger partial charge in [0.2, 0.25) is 21.8 Å². The fourth-order valence-electron chi connectivity index (χ4n) is 3.20. The topological polar surface area (TPSA) is 86.8 Å². The number of hydrogen-bond donors (Lipinski definition) is 1. The molecule has 0 aliphatic heterocycles. The van der Waals surface area contributed by atoms with Gasteiger partial charge in [-0.3, -0.25) is 13.9 Å². The van der Waals surface area contributed by atoms with Gasteiger partial charge in [-0.25, -0.2) is 8.42 Å². The normalized spacial score (nSPS) is 12.2. The number of likely N-dealkylation sites (N-methyl/N-ethyl adjacent to an activating group) is 1. The molecule has 1 unspecified atom stereocenters. The molecular weight excluding hydrogens is 450 g/mol. The summed E-state index contributed by atoms with van der Waals surface area (Å²) in [6.07, 6.45) is 1.88. The van der Waals surface area contributed by atoms with Crippen LogP contribution in [0.2, 0.25) is 5.02 Å². The Balaban J connectivity index is 2.35. The first-order valence-corrected chi connectivity index (χ1v) is 12.7. The van der Waals surface area contributed by atoms with Crippen molar-refractivity contribution in [1.82, 2.24) is 10.2 Å². The Morgan fingerprint density at radius 2 is 1.56 bits per heavy atom. The molecule has 0 aromatic heterocycles. The predicted molar refractivity (Wildman–Crippen MR) is 128 cm³/mol. The lowest BCUT2D eigenvalue weighted by Gasteiger charge is -2.31. The average Bonchev–Trinajstić information content (AvgIpc) is 2.76. The minimum absolute atomic E-state index is 0.140. The zero-order valence-electron chi connectivity index (χ0n) is 18.8. The van der Waals surface area contributed by atoms with Crippen LogP contribution in [0.25, 0.3) is 0 Å². The Labute approximate surface area is 195 Å². The van der Waals surface area contributed by atoms with E-state index in [1.54, 1.807) is 50.2 Å². The first-order valence-electron chi connectivity index (χ1n) is 10.4. The van der Waals surface area contributed by atoms with E-state index in [-0.39, 0.29) is 12.5 Å². The summed E-state index contributed by atoms with van der Waals surface area (Å²) < 4.78 is 26.1. The molecule has 2 aromatic carbocycles. The highest BCUT2D eigenvalue weighted by atomic mass is 35.5. The fraction of sp³-hybridized carbons (Fsp3) is 0.391. The van der Waals surface area contributed by atoms with E-state index < -0.39 is 28.5 Å². The second-order valence-corrected chi connectivity index (χ2v) is 9.85. The zero-order chi connectivity index (χ0) is 23.9. The second kappa shape index (κ2) is 11.3. The molecule has 1 N–H and O–H groups in total. The maximum atomic E-state index is 13.3. The van der Waals surface area contributed by atoms with Gasteiger partial charge in [-0.2, -0.15) is 0 Å². The van der Waals surface area contributed by atoms with Crippen molar-refractivity contribution in [3.05, 3.63) is 64.7 Å². The summed E-state index contributed by atoms with van der Waals surface area (Å²) in [6, 6.07) is 13.2. The van der Waals surface area contributed by atoms with E-state index in [4.69, 9.17) is 11.6 Å². The van der Waals surface area contributed by atoms with Crippen LogP contribution in [0, 0.1) is 0 Å². The lowest BCUT2D eigenvalue weighted by molar-refractivity contribution is -0.139. The molecule has 32 heavy (non-hydrogen) atoms. The largest absolute Gasteiger partial charge is 0.355 e. The molecular formula is C23H30ClN3O4S. The highest BCUT2D eigenvalue weighted by Gasteiger charge is 2.29. The van der Waals surface area contributed by atoms with Crippen molar-refractivity contribution in [3.63, 3.8) is 0 Å². The third-order valence-corrected chi connectivity index (χ3v) is 6.49. The van der Waals surface area contributed by atoms with Gasteiger partial charge in [0.05, 0.1) is 11.9 Å². The highest BCUT2D eigenvalue weighted by Crippen LogP contribution is 2.20. The Hall–Kier alpha value is -2.58. The van der Waals surface area contributed by atoms with Crippen LogP contribution in [0.3, 0.4) is 0 Å². The fourth-order valence-corrected chi connectivity index (χ4v) is 4.18. The molecule has 0 radical (unpaired) electrons. The summed E-state index contributed by atoms with van der Waals surface area (Å²) in [4.78, 5) is 27.2. The molecule has 9 heteroatoms. The number of anilines is 1. The van der Waals surface area contributed by atoms with E-state index in [2.05, 4.69) is 5.32 Å². The van der Waals surface area contributed by atoms with Crippen LogP contribution in [0.1, 0.15) is 31.9 Å². The minimum Gasteiger partial charge on any atom is -0.355 e. The van der Waals surface area contributed by atoms with Crippen LogP contribution < -0.4 is 9.62 Å². The van der Waals surface area contributed by atoms with Crippen molar-refractivity contribution in [2.24, 2.45) is 0 Å². The lowest BCUT2D eigenvalue weighted by Crippen LogP contribution is -2.51. The number of benzene rings is 2. The molecule has 2 amide bonds. The summed E-state index contributed by atoms with van der Waals surface area (Å²) in [5, 5.41) is 3.28. The van der Waals surface area contributed by atoms with E-state index in [1.165, 1.54) is 4.90 Å². The minimum atomic E-state index is -3.73. The third kappa shape index (κ3) is 6.97. The van der Waals surface area contributed by atoms with Crippen LogP contribution in [-0.4, -0.2) is 50.5 Å². The van der Waals surface area contributed by atoms with Crippen molar-refractivity contribution >= 4 is 39.1 Å². The number of halogens is 1. The molecule has 7 nitrogen and oxygen atoms in total. The van der Waals surface area contributed by atoms with E-state index >= 15 is 0 Å². The van der Waals surface area contributed by atoms with Gasteiger partial charge in [0.25, 0.3) is 0 Å². The molecule has 174 valence electrons. The predicted octanol–water partition coefficient (Wildman–Crippen LogP) is 3.22. The molecule has 2 aromatic rings. The van der Waals surface area contributed by atoms with Gasteiger partial charge < -0.3 is 10.2 Å². The van der Waals surface area contributed by atoms with Crippen LogP contribution in [0.4, 0.5) is 5.69 Å². The van der Waals surface area contributed by atoms with E-state index in [9.17, 15) is 18.0 Å². The van der Waals surface area contributed by atoms with Gasteiger partial charge in [0.1, 0.15) is 12.6 Å². The molecule has 0 aliphatic rings. The molecule has 0 spiro atoms. The van der Waals surface area contributed by atoms with E-state index in [1.807, 2.05) is 19.1 Å². The SMILES string of the molecule is CCNC(=O)C(C)N(Cc1ccc(Cl)cc1)C(=O)CN(c1ccc(CC)cc1)S(C)(=O)=O. The standard InChI is InChI=1S/C23H30ClN3O4S/c1-5-18-9-13-21(14-10-18)27(32(4,30)31)16-22(28)26(17(3)23(29)25-6-2)15-19-7-11-20(24)12-8-19/h7-14,17H,5-6,15-16H2,1-4H3,(H,25,29). The molecule has 0 saturated heterocycles. The molecule has 0 fully saturated rings. The van der Waals surface area contributed by atoms with Crippen molar-refractivity contribution < 1.29 is 18.0 Å². The van der Waals surface area contributed by atoms with Crippen molar-refractivity contribution in [3.8, 4) is 0 Å². The van der Waals surface area contributed by atoms with Crippen molar-refractivity contribution in [2.75, 3.05) is 23.7 Å². The smallest absolute Gasteiger partial charge is 0.244 e. The average molecular weight is 480 g/mol. The maximum absolute atomic E-state index is 13.3. The van der Waals surface area contributed by atoms with E-state index in [0.29, 0.717) is 17.3 Å². The number of nitrogens with zero attached hydrogens (tertiary/aromatic N) is 2. The second-order valence-electron chi connectivity index (χ2n) is 7.51. The number of carbonyl (C=O) groups excluding carboxylic acids is 2. The summed E-state index contributed by atoms with van der Waals surface area (Å²) in [7, 11) is -3.73. The van der Waals surface area contributed by atoms with E-state index in [0.717, 1.165) is 28.1 Å². The van der Waals surface area contributed by atoms with Crippen LogP contribution in [0.15, 0.2) is 48.5 Å². The first kappa shape index (κ1) is 25.7. The first-order chi connectivity index (χ1) is 15.1. The summed E-state index contributed by atoms with van der Waals surface area (Å²) in [5.41, 5.74) is 2.23. The Kier molecular flexibility index (Phi) is 9.09. The number of sulfonamides is 1. The van der Waals surface area contributed by atoms with Gasteiger partial charge in [-0.15, -0.1) is 0 Å². The van der Waals surface area contributed by atoms with Gasteiger partial charge in [-0.1, -0.05) is 42.8 Å². The Morgan fingerprint density at radius 3 is 2.06 bits per heavy atom. The van der Waals surface area contributed by atoms with Gasteiger partial charge in [0, 0.05) is 18.1 Å². The quantitative estimate of drug-likeness (QED) is 0.566. The van der Waals surface area contributed by atoms with Crippen LogP contribution in [0.5, 0.6) is 0 Å². The Bertz CT molecular complexity index is 1020. The monoisotopic (exact) mass is 479 g/mol. The third-order valence-electron chi connectivity index (χ3n) is 5.10. The maximum Gasteiger partial charge on any atom is 0.244 e. The number of aryl methyl sites for hydroxylation is 1. The molecule has 0 bridgehead atoms. The van der Waals surface area contributed by atoms with Crippen LogP contribution in [-0.2, 0) is 32.6 Å². The molecule has 0 aliphatic carbocycles. The van der Waals surface area contributed by atoms with Crippen molar-refractivity contribution in [2.45, 2.75) is 39.8 Å². The van der Waals surface area contributed by atoms with Crippen LogP contribution >= 0.6 is 11.6 Å². The number of nitrogens with one attached hydrogen (secondary N) is 1. The molecule has 0 heterocycles. The van der Waals surface area contributed by atoms with Gasteiger partial charge >= 0.3 is 0 Å². The van der Waals surface area contributed by atoms with Gasteiger partial charge in [-0.05, 0) is 55.7 Å². The van der Waals surface area contributed by atoms with Crippen molar-refractivity contribution in [1.29, 1.82) is 0 Å². The molecule has 2 rings (SSSR count). The zero-order valence-corrected chi connectivity index (χ0v) is 20.4. The number of carbonyl (C=O) groups is 2. The molecule has 0 saturated carbocycles. The summed E-state index contributed by atoms with van der Waals surface area (Å²) in [5.74, 6) is -0.795. The van der Waals surface area contributed by atoms with Gasteiger partial charge in [0.15, 0.2) is 0 Å².